The quantitative estimate of drug-likeness (QED) is 0.918. The highest BCUT2D eigenvalue weighted by Crippen LogP contribution is 2.22. The first-order chi connectivity index (χ1) is 9.95. The SMILES string of the molecule is CNc1ncccc1S(=O)(=O)N(C)Cc1ccc(Cl)cc1. The van der Waals surface area contributed by atoms with Crippen LogP contribution in [0.25, 0.3) is 0 Å². The van der Waals surface area contributed by atoms with Crippen molar-refractivity contribution in [2.45, 2.75) is 11.4 Å². The number of hydrogen-bond acceptors (Lipinski definition) is 4. The highest BCUT2D eigenvalue weighted by atomic mass is 35.5. The highest BCUT2D eigenvalue weighted by Gasteiger charge is 2.24. The average Bonchev–Trinajstić information content (AvgIpc) is 2.49. The summed E-state index contributed by atoms with van der Waals surface area (Å²) in [4.78, 5) is 4.19. The second-order valence-corrected chi connectivity index (χ2v) is 6.94. The third kappa shape index (κ3) is 3.53. The van der Waals surface area contributed by atoms with E-state index in [2.05, 4.69) is 10.3 Å². The lowest BCUT2D eigenvalue weighted by Gasteiger charge is -2.18. The van der Waals surface area contributed by atoms with Crippen molar-refractivity contribution in [1.82, 2.24) is 9.29 Å². The normalized spacial score (nSPS) is 11.6. The van der Waals surface area contributed by atoms with Crippen molar-refractivity contribution in [3.8, 4) is 0 Å². The molecule has 1 aromatic heterocycles. The van der Waals surface area contributed by atoms with Gasteiger partial charge in [0, 0.05) is 31.9 Å². The van der Waals surface area contributed by atoms with Crippen LogP contribution in [0, 0.1) is 0 Å². The molecule has 0 fully saturated rings. The van der Waals surface area contributed by atoms with Crippen LogP contribution in [0.15, 0.2) is 47.5 Å². The van der Waals surface area contributed by atoms with Gasteiger partial charge in [0.05, 0.1) is 0 Å². The van der Waals surface area contributed by atoms with Gasteiger partial charge in [-0.25, -0.2) is 13.4 Å². The van der Waals surface area contributed by atoms with Crippen molar-refractivity contribution in [2.75, 3.05) is 19.4 Å². The summed E-state index contributed by atoms with van der Waals surface area (Å²) in [5, 5.41) is 3.41. The summed E-state index contributed by atoms with van der Waals surface area (Å²) in [5.74, 6) is 0.334. The van der Waals surface area contributed by atoms with E-state index in [0.717, 1.165) is 5.56 Å². The molecule has 0 aliphatic heterocycles. The Hall–Kier alpha value is -1.63. The molecule has 21 heavy (non-hydrogen) atoms. The minimum atomic E-state index is -3.61. The largest absolute Gasteiger partial charge is 0.372 e. The predicted octanol–water partition coefficient (Wildman–Crippen LogP) is 2.60. The first kappa shape index (κ1) is 15.8. The van der Waals surface area contributed by atoms with E-state index < -0.39 is 10.0 Å². The summed E-state index contributed by atoms with van der Waals surface area (Å²) < 4.78 is 26.5. The van der Waals surface area contributed by atoms with Crippen molar-refractivity contribution >= 4 is 27.4 Å². The standard InChI is InChI=1S/C14H16ClN3O2S/c1-16-14-13(4-3-9-17-14)21(19,20)18(2)10-11-5-7-12(15)8-6-11/h3-9H,10H2,1-2H3,(H,16,17). The maximum absolute atomic E-state index is 12.6. The molecule has 0 atom stereocenters. The average molecular weight is 326 g/mol. The third-order valence-electron chi connectivity index (χ3n) is 3.01. The van der Waals surface area contributed by atoms with E-state index in [1.165, 1.54) is 17.4 Å². The van der Waals surface area contributed by atoms with Gasteiger partial charge in [0.2, 0.25) is 10.0 Å². The summed E-state index contributed by atoms with van der Waals surface area (Å²) in [6, 6.07) is 10.2. The molecule has 5 nitrogen and oxygen atoms in total. The van der Waals surface area contributed by atoms with Gasteiger partial charge >= 0.3 is 0 Å². The van der Waals surface area contributed by atoms with Crippen molar-refractivity contribution < 1.29 is 8.42 Å². The zero-order chi connectivity index (χ0) is 15.5. The van der Waals surface area contributed by atoms with Crippen LogP contribution in [0.3, 0.4) is 0 Å². The molecule has 1 aromatic carbocycles. The minimum absolute atomic E-state index is 0.156. The zero-order valence-corrected chi connectivity index (χ0v) is 13.3. The van der Waals surface area contributed by atoms with Gasteiger partial charge in [-0.05, 0) is 29.8 Å². The molecule has 0 saturated carbocycles. The number of hydrogen-bond donors (Lipinski definition) is 1. The molecule has 0 saturated heterocycles. The first-order valence-electron chi connectivity index (χ1n) is 6.28. The maximum Gasteiger partial charge on any atom is 0.246 e. The van der Waals surface area contributed by atoms with Crippen molar-refractivity contribution in [1.29, 1.82) is 0 Å². The number of nitrogens with zero attached hydrogens (tertiary/aromatic N) is 2. The Morgan fingerprint density at radius 3 is 2.52 bits per heavy atom. The molecule has 0 spiro atoms. The molecule has 2 aromatic rings. The van der Waals surface area contributed by atoms with Gasteiger partial charge in [-0.1, -0.05) is 23.7 Å². The number of sulfonamides is 1. The molecule has 0 aliphatic carbocycles. The van der Waals surface area contributed by atoms with Gasteiger partial charge < -0.3 is 5.32 Å². The van der Waals surface area contributed by atoms with Gasteiger partial charge in [0.25, 0.3) is 0 Å². The molecule has 0 unspecified atom stereocenters. The minimum Gasteiger partial charge on any atom is -0.372 e. The number of anilines is 1. The Morgan fingerprint density at radius 2 is 1.90 bits per heavy atom. The fraction of sp³-hybridized carbons (Fsp3) is 0.214. The zero-order valence-electron chi connectivity index (χ0n) is 11.7. The van der Waals surface area contributed by atoms with Crippen LogP contribution in [-0.2, 0) is 16.6 Å². The highest BCUT2D eigenvalue weighted by molar-refractivity contribution is 7.89. The Labute approximate surface area is 129 Å². The molecule has 1 heterocycles. The molecule has 2 rings (SSSR count). The van der Waals surface area contributed by atoms with Crippen LogP contribution < -0.4 is 5.32 Å². The maximum atomic E-state index is 12.6. The van der Waals surface area contributed by atoms with E-state index in [0.29, 0.717) is 10.8 Å². The summed E-state index contributed by atoms with van der Waals surface area (Å²) in [6.07, 6.45) is 1.55. The molecular formula is C14H16ClN3O2S. The molecule has 7 heteroatoms. The van der Waals surface area contributed by atoms with Crippen molar-refractivity contribution in [2.24, 2.45) is 0 Å². The predicted molar refractivity (Wildman–Crippen MR) is 83.9 cm³/mol. The van der Waals surface area contributed by atoms with Gasteiger partial charge in [0.1, 0.15) is 10.7 Å². The van der Waals surface area contributed by atoms with Gasteiger partial charge in [-0.15, -0.1) is 0 Å². The molecule has 1 N–H and O–H groups in total. The number of halogens is 1. The second-order valence-electron chi connectivity index (χ2n) is 4.49. The van der Waals surface area contributed by atoms with E-state index in [-0.39, 0.29) is 11.4 Å². The Morgan fingerprint density at radius 1 is 1.24 bits per heavy atom. The number of pyridine rings is 1. The third-order valence-corrected chi connectivity index (χ3v) is 5.10. The number of nitrogens with one attached hydrogen (secondary N) is 1. The lowest BCUT2D eigenvalue weighted by Crippen LogP contribution is -2.27. The van der Waals surface area contributed by atoms with E-state index in [4.69, 9.17) is 11.6 Å². The molecule has 0 radical (unpaired) electrons. The van der Waals surface area contributed by atoms with Crippen LogP contribution in [0.2, 0.25) is 5.02 Å². The molecule has 0 aliphatic rings. The van der Waals surface area contributed by atoms with E-state index in [1.54, 1.807) is 43.6 Å². The van der Waals surface area contributed by atoms with Crippen molar-refractivity contribution in [3.63, 3.8) is 0 Å². The molecule has 112 valence electrons. The number of benzene rings is 1. The van der Waals surface area contributed by atoms with E-state index >= 15 is 0 Å². The summed E-state index contributed by atoms with van der Waals surface area (Å²) in [6.45, 7) is 0.261. The van der Waals surface area contributed by atoms with E-state index in [1.807, 2.05) is 0 Å². The van der Waals surface area contributed by atoms with Gasteiger partial charge in [0.15, 0.2) is 0 Å². The van der Waals surface area contributed by atoms with E-state index in [9.17, 15) is 8.42 Å². The van der Waals surface area contributed by atoms with Crippen LogP contribution in [-0.4, -0.2) is 31.8 Å². The topological polar surface area (TPSA) is 62.3 Å². The summed E-state index contributed by atoms with van der Waals surface area (Å²) in [5.41, 5.74) is 0.861. The van der Waals surface area contributed by atoms with Gasteiger partial charge in [-0.2, -0.15) is 4.31 Å². The van der Waals surface area contributed by atoms with Crippen molar-refractivity contribution in [3.05, 3.63) is 53.2 Å². The summed E-state index contributed by atoms with van der Waals surface area (Å²) in [7, 11) is -0.437. The monoisotopic (exact) mass is 325 g/mol. The summed E-state index contributed by atoms with van der Waals surface area (Å²) >= 11 is 5.83. The Bertz CT molecular complexity index is 717. The first-order valence-corrected chi connectivity index (χ1v) is 8.10. The molecule has 0 amide bonds. The fourth-order valence-corrected chi connectivity index (χ4v) is 3.32. The fourth-order valence-electron chi connectivity index (χ4n) is 1.89. The Balaban J connectivity index is 2.28. The smallest absolute Gasteiger partial charge is 0.246 e. The second kappa shape index (κ2) is 6.43. The number of rotatable bonds is 5. The molecule has 0 bridgehead atoms. The van der Waals surface area contributed by atoms with Crippen LogP contribution in [0.1, 0.15) is 5.56 Å². The van der Waals surface area contributed by atoms with Gasteiger partial charge in [-0.3, -0.25) is 0 Å². The van der Waals surface area contributed by atoms with Crippen LogP contribution in [0.5, 0.6) is 0 Å². The number of aromatic nitrogens is 1. The van der Waals surface area contributed by atoms with Crippen LogP contribution in [0.4, 0.5) is 5.82 Å². The Kier molecular flexibility index (Phi) is 4.82. The molecular weight excluding hydrogens is 310 g/mol. The lowest BCUT2D eigenvalue weighted by molar-refractivity contribution is 0.467. The van der Waals surface area contributed by atoms with Crippen LogP contribution >= 0.6 is 11.6 Å². The lowest BCUT2D eigenvalue weighted by atomic mass is 10.2.